The second kappa shape index (κ2) is 9.07. The molecule has 2 heterocycles. The minimum Gasteiger partial charge on any atom is -0.348 e. The lowest BCUT2D eigenvalue weighted by atomic mass is 9.88. The van der Waals surface area contributed by atoms with E-state index < -0.39 is 0 Å². The highest BCUT2D eigenvalue weighted by molar-refractivity contribution is 5.86. The summed E-state index contributed by atoms with van der Waals surface area (Å²) >= 11 is 0. The van der Waals surface area contributed by atoms with Gasteiger partial charge in [0.15, 0.2) is 0 Å². The van der Waals surface area contributed by atoms with E-state index in [1.807, 2.05) is 47.9 Å². The Kier molecular flexibility index (Phi) is 6.26. The van der Waals surface area contributed by atoms with E-state index >= 15 is 0 Å². The van der Waals surface area contributed by atoms with Crippen LogP contribution < -0.4 is 0 Å². The summed E-state index contributed by atoms with van der Waals surface area (Å²) in [4.78, 5) is 30.5. The molecule has 0 radical (unpaired) electrons. The number of nitrogens with zero attached hydrogens (tertiary/aromatic N) is 3. The van der Waals surface area contributed by atoms with Crippen molar-refractivity contribution in [2.24, 2.45) is 5.92 Å². The number of benzene rings is 1. The quantitative estimate of drug-likeness (QED) is 0.744. The van der Waals surface area contributed by atoms with Crippen LogP contribution >= 0.6 is 0 Å². The van der Waals surface area contributed by atoms with Crippen molar-refractivity contribution in [3.05, 3.63) is 59.9 Å². The van der Waals surface area contributed by atoms with Crippen LogP contribution in [0.2, 0.25) is 0 Å². The third kappa shape index (κ3) is 4.16. The lowest BCUT2D eigenvalue weighted by Crippen LogP contribution is -2.50. The molecule has 1 aliphatic heterocycles. The lowest BCUT2D eigenvalue weighted by Gasteiger charge is -2.39. The minimum atomic E-state index is -0.110. The molecule has 1 aromatic carbocycles. The van der Waals surface area contributed by atoms with Crippen LogP contribution in [0, 0.1) is 5.92 Å². The highest BCUT2D eigenvalue weighted by Crippen LogP contribution is 2.33. The number of amides is 2. The maximum atomic E-state index is 13.5. The number of aromatic nitrogens is 1. The van der Waals surface area contributed by atoms with Gasteiger partial charge in [-0.05, 0) is 44.4 Å². The largest absolute Gasteiger partial charge is 0.348 e. The van der Waals surface area contributed by atoms with Gasteiger partial charge < -0.3 is 14.4 Å². The number of hydrogen-bond donors (Lipinski definition) is 0. The standard InChI is InChI=1S/C25H33N3O2/c1-19(2)28(25(30)21-12-7-4-8-13-21)18-23(29)27-17-16-26-15-9-14-22(26)24(27)20-10-5-3-6-11-20/h3,5-6,9-11,14-15,19,21,24H,4,7-8,12-13,16-18H2,1-2H3. The summed E-state index contributed by atoms with van der Waals surface area (Å²) in [5.74, 6) is 0.279. The van der Waals surface area contributed by atoms with E-state index in [1.165, 1.54) is 6.42 Å². The molecule has 1 aromatic heterocycles. The molecule has 1 unspecified atom stereocenters. The monoisotopic (exact) mass is 407 g/mol. The topological polar surface area (TPSA) is 45.6 Å². The fourth-order valence-electron chi connectivity index (χ4n) is 4.97. The molecule has 160 valence electrons. The maximum Gasteiger partial charge on any atom is 0.243 e. The van der Waals surface area contributed by atoms with Crippen LogP contribution in [-0.4, -0.2) is 45.3 Å². The summed E-state index contributed by atoms with van der Waals surface area (Å²) in [5, 5.41) is 0. The van der Waals surface area contributed by atoms with Crippen molar-refractivity contribution >= 4 is 11.8 Å². The second-order valence-electron chi connectivity index (χ2n) is 8.92. The van der Waals surface area contributed by atoms with Crippen LogP contribution in [0.1, 0.15) is 63.3 Å². The van der Waals surface area contributed by atoms with Crippen LogP contribution in [0.15, 0.2) is 48.7 Å². The molecule has 1 fully saturated rings. The molecule has 0 saturated heterocycles. The molecule has 5 nitrogen and oxygen atoms in total. The van der Waals surface area contributed by atoms with Crippen molar-refractivity contribution in [1.82, 2.24) is 14.4 Å². The molecule has 4 rings (SSSR count). The van der Waals surface area contributed by atoms with E-state index in [9.17, 15) is 9.59 Å². The first-order chi connectivity index (χ1) is 14.6. The maximum absolute atomic E-state index is 13.5. The molecule has 2 aliphatic rings. The summed E-state index contributed by atoms with van der Waals surface area (Å²) in [6.07, 6.45) is 7.46. The summed E-state index contributed by atoms with van der Waals surface area (Å²) < 4.78 is 2.23. The first-order valence-corrected chi connectivity index (χ1v) is 11.4. The van der Waals surface area contributed by atoms with Gasteiger partial charge in [-0.1, -0.05) is 49.6 Å². The molecular weight excluding hydrogens is 374 g/mol. The zero-order valence-corrected chi connectivity index (χ0v) is 18.2. The molecule has 30 heavy (non-hydrogen) atoms. The van der Waals surface area contributed by atoms with Crippen LogP contribution in [0.25, 0.3) is 0 Å². The zero-order chi connectivity index (χ0) is 21.1. The normalized spacial score (nSPS) is 19.6. The Bertz CT molecular complexity index is 868. The first-order valence-electron chi connectivity index (χ1n) is 11.4. The fraction of sp³-hybridized carbons (Fsp3) is 0.520. The Morgan fingerprint density at radius 1 is 1.00 bits per heavy atom. The van der Waals surface area contributed by atoms with E-state index in [-0.39, 0.29) is 36.4 Å². The molecule has 5 heteroatoms. The lowest BCUT2D eigenvalue weighted by molar-refractivity contribution is -0.146. The van der Waals surface area contributed by atoms with Crippen molar-refractivity contribution < 1.29 is 9.59 Å². The number of carbonyl (C=O) groups excluding carboxylic acids is 2. The van der Waals surface area contributed by atoms with Crippen molar-refractivity contribution in [2.75, 3.05) is 13.1 Å². The fourth-order valence-corrected chi connectivity index (χ4v) is 4.97. The molecule has 2 amide bonds. The molecular formula is C25H33N3O2. The van der Waals surface area contributed by atoms with E-state index in [1.54, 1.807) is 0 Å². The molecule has 0 N–H and O–H groups in total. The van der Waals surface area contributed by atoms with Crippen molar-refractivity contribution in [1.29, 1.82) is 0 Å². The molecule has 0 spiro atoms. The van der Waals surface area contributed by atoms with Crippen molar-refractivity contribution in [2.45, 2.75) is 64.6 Å². The van der Waals surface area contributed by atoms with Crippen molar-refractivity contribution in [3.8, 4) is 0 Å². The number of hydrogen-bond acceptors (Lipinski definition) is 2. The van der Waals surface area contributed by atoms with Crippen molar-refractivity contribution in [3.63, 3.8) is 0 Å². The van der Waals surface area contributed by atoms with Crippen LogP contribution in [0.5, 0.6) is 0 Å². The Labute approximate surface area is 179 Å². The zero-order valence-electron chi connectivity index (χ0n) is 18.2. The third-order valence-electron chi connectivity index (χ3n) is 6.64. The van der Waals surface area contributed by atoms with E-state index in [2.05, 4.69) is 29.0 Å². The summed E-state index contributed by atoms with van der Waals surface area (Å²) in [6, 6.07) is 14.3. The average molecular weight is 408 g/mol. The van der Waals surface area contributed by atoms with Crippen LogP contribution in [0.4, 0.5) is 0 Å². The van der Waals surface area contributed by atoms with Gasteiger partial charge in [-0.25, -0.2) is 0 Å². The summed E-state index contributed by atoms with van der Waals surface area (Å²) in [7, 11) is 0. The summed E-state index contributed by atoms with van der Waals surface area (Å²) in [5.41, 5.74) is 2.25. The Balaban J connectivity index is 1.56. The number of carbonyl (C=O) groups is 2. The SMILES string of the molecule is CC(C)N(CC(=O)N1CCn2cccc2C1c1ccccc1)C(=O)C1CCCCC1. The molecule has 0 bridgehead atoms. The van der Waals surface area contributed by atoms with Gasteiger partial charge in [-0.3, -0.25) is 9.59 Å². The number of fused-ring (bicyclic) bond motifs is 1. The van der Waals surface area contributed by atoms with Gasteiger partial charge in [-0.15, -0.1) is 0 Å². The highest BCUT2D eigenvalue weighted by atomic mass is 16.2. The van der Waals surface area contributed by atoms with Gasteiger partial charge in [0.1, 0.15) is 6.54 Å². The van der Waals surface area contributed by atoms with Gasteiger partial charge in [0.25, 0.3) is 0 Å². The molecule has 1 atom stereocenters. The average Bonchev–Trinajstić information content (AvgIpc) is 3.26. The van der Waals surface area contributed by atoms with Gasteiger partial charge in [0, 0.05) is 36.9 Å². The Morgan fingerprint density at radius 2 is 1.73 bits per heavy atom. The van der Waals surface area contributed by atoms with E-state index in [4.69, 9.17) is 0 Å². The van der Waals surface area contributed by atoms with Gasteiger partial charge in [-0.2, -0.15) is 0 Å². The predicted molar refractivity (Wildman–Crippen MR) is 118 cm³/mol. The van der Waals surface area contributed by atoms with Crippen LogP contribution in [-0.2, 0) is 16.1 Å². The van der Waals surface area contributed by atoms with Gasteiger partial charge in [0.05, 0.1) is 6.04 Å². The highest BCUT2D eigenvalue weighted by Gasteiger charge is 2.35. The van der Waals surface area contributed by atoms with E-state index in [0.717, 1.165) is 43.5 Å². The first kappa shape index (κ1) is 20.7. The molecule has 1 saturated carbocycles. The Hall–Kier alpha value is -2.56. The molecule has 2 aromatic rings. The summed E-state index contributed by atoms with van der Waals surface area (Å²) in [6.45, 7) is 5.64. The van der Waals surface area contributed by atoms with Gasteiger partial charge in [0.2, 0.25) is 11.8 Å². The second-order valence-corrected chi connectivity index (χ2v) is 8.92. The Morgan fingerprint density at radius 3 is 2.43 bits per heavy atom. The smallest absolute Gasteiger partial charge is 0.243 e. The minimum absolute atomic E-state index is 0.0206. The van der Waals surface area contributed by atoms with Gasteiger partial charge >= 0.3 is 0 Å². The predicted octanol–water partition coefficient (Wildman–Crippen LogP) is 4.24. The number of rotatable bonds is 5. The third-order valence-corrected chi connectivity index (χ3v) is 6.64. The van der Waals surface area contributed by atoms with Crippen LogP contribution in [0.3, 0.4) is 0 Å². The molecule has 1 aliphatic carbocycles. The van der Waals surface area contributed by atoms with E-state index in [0.29, 0.717) is 6.54 Å².